The molecule has 0 spiro atoms. The molecule has 0 bridgehead atoms. The zero-order valence-electron chi connectivity index (χ0n) is 8.68. The molecular formula is C10H17N3O. The molecule has 0 fully saturated rings. The summed E-state index contributed by atoms with van der Waals surface area (Å²) < 4.78 is 5.25. The summed E-state index contributed by atoms with van der Waals surface area (Å²) in [5.41, 5.74) is 5.97. The number of hydrogen-bond acceptors (Lipinski definition) is 4. The Morgan fingerprint density at radius 2 is 2.07 bits per heavy atom. The first-order valence-corrected chi connectivity index (χ1v) is 4.82. The summed E-state index contributed by atoms with van der Waals surface area (Å²) in [6.45, 7) is 2.06. The van der Waals surface area contributed by atoms with Crippen LogP contribution >= 0.6 is 0 Å². The fourth-order valence-corrected chi connectivity index (χ4v) is 1.42. The van der Waals surface area contributed by atoms with Gasteiger partial charge in [0.2, 0.25) is 0 Å². The van der Waals surface area contributed by atoms with Crippen LogP contribution in [0.2, 0.25) is 0 Å². The lowest BCUT2D eigenvalue weighted by Gasteiger charge is -2.20. The van der Waals surface area contributed by atoms with E-state index in [-0.39, 0.29) is 12.1 Å². The SMILES string of the molecule is CC[C@H](OC)[C@@H](N)Cc1ncccn1. The molecule has 4 heteroatoms. The third kappa shape index (κ3) is 3.05. The van der Waals surface area contributed by atoms with Crippen molar-refractivity contribution >= 4 is 0 Å². The molecule has 4 nitrogen and oxygen atoms in total. The van der Waals surface area contributed by atoms with Gasteiger partial charge in [0.05, 0.1) is 6.10 Å². The van der Waals surface area contributed by atoms with Crippen LogP contribution in [0.5, 0.6) is 0 Å². The normalized spacial score (nSPS) is 15.1. The van der Waals surface area contributed by atoms with Crippen molar-refractivity contribution in [2.45, 2.75) is 31.9 Å². The molecule has 1 aromatic rings. The van der Waals surface area contributed by atoms with Gasteiger partial charge < -0.3 is 10.5 Å². The molecule has 0 aliphatic carbocycles. The Kier molecular flexibility index (Phi) is 4.49. The lowest BCUT2D eigenvalue weighted by atomic mass is 10.1. The largest absolute Gasteiger partial charge is 0.380 e. The van der Waals surface area contributed by atoms with Crippen LogP contribution in [0, 0.1) is 0 Å². The van der Waals surface area contributed by atoms with E-state index in [1.54, 1.807) is 25.6 Å². The number of ether oxygens (including phenoxy) is 1. The number of nitrogens with two attached hydrogens (primary N) is 1. The molecule has 2 atom stereocenters. The van der Waals surface area contributed by atoms with E-state index in [2.05, 4.69) is 16.9 Å². The van der Waals surface area contributed by atoms with Gasteiger partial charge in [-0.1, -0.05) is 6.92 Å². The van der Waals surface area contributed by atoms with Crippen molar-refractivity contribution in [2.24, 2.45) is 5.73 Å². The van der Waals surface area contributed by atoms with Gasteiger partial charge in [0.25, 0.3) is 0 Å². The van der Waals surface area contributed by atoms with Gasteiger partial charge in [0, 0.05) is 32.0 Å². The van der Waals surface area contributed by atoms with Gasteiger partial charge >= 0.3 is 0 Å². The van der Waals surface area contributed by atoms with E-state index in [1.165, 1.54) is 0 Å². The van der Waals surface area contributed by atoms with E-state index in [1.807, 2.05) is 0 Å². The van der Waals surface area contributed by atoms with E-state index >= 15 is 0 Å². The number of methoxy groups -OCH3 is 1. The van der Waals surface area contributed by atoms with Crippen LogP contribution in [0.4, 0.5) is 0 Å². The van der Waals surface area contributed by atoms with Crippen molar-refractivity contribution in [1.82, 2.24) is 9.97 Å². The van der Waals surface area contributed by atoms with Gasteiger partial charge in [0.15, 0.2) is 0 Å². The quantitative estimate of drug-likeness (QED) is 0.754. The molecule has 0 aliphatic heterocycles. The van der Waals surface area contributed by atoms with E-state index in [4.69, 9.17) is 10.5 Å². The summed E-state index contributed by atoms with van der Waals surface area (Å²) in [5.74, 6) is 0.774. The third-order valence-electron chi connectivity index (χ3n) is 2.22. The second-order valence-electron chi connectivity index (χ2n) is 3.22. The molecule has 78 valence electrons. The summed E-state index contributed by atoms with van der Waals surface area (Å²) in [7, 11) is 1.68. The van der Waals surface area contributed by atoms with Gasteiger partial charge in [-0.05, 0) is 12.5 Å². The molecule has 14 heavy (non-hydrogen) atoms. The van der Waals surface area contributed by atoms with Crippen LogP contribution in [-0.2, 0) is 11.2 Å². The van der Waals surface area contributed by atoms with Crippen LogP contribution in [-0.4, -0.2) is 29.2 Å². The van der Waals surface area contributed by atoms with Crippen molar-refractivity contribution in [1.29, 1.82) is 0 Å². The van der Waals surface area contributed by atoms with Crippen LogP contribution in [0.15, 0.2) is 18.5 Å². The highest BCUT2D eigenvalue weighted by Gasteiger charge is 2.16. The minimum Gasteiger partial charge on any atom is -0.380 e. The second kappa shape index (κ2) is 5.67. The van der Waals surface area contributed by atoms with E-state index < -0.39 is 0 Å². The molecule has 0 unspecified atom stereocenters. The van der Waals surface area contributed by atoms with Crippen molar-refractivity contribution in [3.63, 3.8) is 0 Å². The highest BCUT2D eigenvalue weighted by molar-refractivity contribution is 4.92. The molecule has 0 saturated carbocycles. The first-order valence-electron chi connectivity index (χ1n) is 4.82. The van der Waals surface area contributed by atoms with Gasteiger partial charge in [-0.15, -0.1) is 0 Å². The van der Waals surface area contributed by atoms with Gasteiger partial charge in [-0.3, -0.25) is 0 Å². The first kappa shape index (κ1) is 11.1. The topological polar surface area (TPSA) is 61.0 Å². The maximum Gasteiger partial charge on any atom is 0.129 e. The molecule has 0 aliphatic rings. The summed E-state index contributed by atoms with van der Waals surface area (Å²) in [5, 5.41) is 0. The Balaban J connectivity index is 2.52. The predicted octanol–water partition coefficient (Wildman–Crippen LogP) is 0.771. The fraction of sp³-hybridized carbons (Fsp3) is 0.600. The molecular weight excluding hydrogens is 178 g/mol. The van der Waals surface area contributed by atoms with Crippen molar-refractivity contribution in [3.05, 3.63) is 24.3 Å². The Morgan fingerprint density at radius 1 is 1.43 bits per heavy atom. The minimum absolute atomic E-state index is 0.0348. The number of aromatic nitrogens is 2. The monoisotopic (exact) mass is 195 g/mol. The Bertz CT molecular complexity index is 249. The van der Waals surface area contributed by atoms with E-state index in [9.17, 15) is 0 Å². The smallest absolute Gasteiger partial charge is 0.129 e. The maximum absolute atomic E-state index is 5.97. The molecule has 2 N–H and O–H groups in total. The zero-order chi connectivity index (χ0) is 10.4. The van der Waals surface area contributed by atoms with Gasteiger partial charge in [-0.2, -0.15) is 0 Å². The fourth-order valence-electron chi connectivity index (χ4n) is 1.42. The third-order valence-corrected chi connectivity index (χ3v) is 2.22. The zero-order valence-corrected chi connectivity index (χ0v) is 8.68. The van der Waals surface area contributed by atoms with Gasteiger partial charge in [-0.25, -0.2) is 9.97 Å². The molecule has 0 amide bonds. The summed E-state index contributed by atoms with van der Waals surface area (Å²) >= 11 is 0. The molecule has 1 heterocycles. The van der Waals surface area contributed by atoms with E-state index in [0.717, 1.165) is 12.2 Å². The summed E-state index contributed by atoms with van der Waals surface area (Å²) in [6.07, 6.45) is 5.10. The Labute approximate surface area is 84.5 Å². The first-order chi connectivity index (χ1) is 6.77. The summed E-state index contributed by atoms with van der Waals surface area (Å²) in [6, 6.07) is 1.76. The van der Waals surface area contributed by atoms with Crippen LogP contribution in [0.25, 0.3) is 0 Å². The lowest BCUT2D eigenvalue weighted by molar-refractivity contribution is 0.0767. The average molecular weight is 195 g/mol. The number of hydrogen-bond donors (Lipinski definition) is 1. The number of rotatable bonds is 5. The molecule has 0 aromatic carbocycles. The van der Waals surface area contributed by atoms with Crippen LogP contribution < -0.4 is 5.73 Å². The Morgan fingerprint density at radius 3 is 2.57 bits per heavy atom. The van der Waals surface area contributed by atoms with Crippen molar-refractivity contribution < 1.29 is 4.74 Å². The van der Waals surface area contributed by atoms with E-state index in [0.29, 0.717) is 6.42 Å². The molecule has 1 aromatic heterocycles. The van der Waals surface area contributed by atoms with Crippen molar-refractivity contribution in [2.75, 3.05) is 7.11 Å². The average Bonchev–Trinajstić information content (AvgIpc) is 2.21. The second-order valence-corrected chi connectivity index (χ2v) is 3.22. The minimum atomic E-state index is -0.0348. The lowest BCUT2D eigenvalue weighted by Crippen LogP contribution is -2.38. The van der Waals surface area contributed by atoms with Crippen LogP contribution in [0.1, 0.15) is 19.2 Å². The summed E-state index contributed by atoms with van der Waals surface area (Å²) in [4.78, 5) is 8.25. The molecule has 0 saturated heterocycles. The Hall–Kier alpha value is -1.00. The highest BCUT2D eigenvalue weighted by Crippen LogP contribution is 2.05. The van der Waals surface area contributed by atoms with Gasteiger partial charge in [0.1, 0.15) is 5.82 Å². The number of nitrogens with zero attached hydrogens (tertiary/aromatic N) is 2. The molecule has 0 radical (unpaired) electrons. The van der Waals surface area contributed by atoms with Crippen LogP contribution in [0.3, 0.4) is 0 Å². The highest BCUT2D eigenvalue weighted by atomic mass is 16.5. The molecule has 1 rings (SSSR count). The standard InChI is InChI=1S/C10H17N3O/c1-3-9(14-2)8(11)7-10-12-5-4-6-13-10/h4-6,8-9H,3,7,11H2,1-2H3/t8-,9-/m0/s1. The predicted molar refractivity (Wildman–Crippen MR) is 54.8 cm³/mol. The van der Waals surface area contributed by atoms with Crippen molar-refractivity contribution in [3.8, 4) is 0 Å². The maximum atomic E-state index is 5.97.